The smallest absolute Gasteiger partial charge is 0.150 e. The van der Waals surface area contributed by atoms with Gasteiger partial charge in [-0.3, -0.25) is 4.79 Å². The minimum absolute atomic E-state index is 0.237. The first-order valence-electron chi connectivity index (χ1n) is 4.06. The molecule has 0 saturated carbocycles. The van der Waals surface area contributed by atoms with E-state index in [1.165, 1.54) is 5.75 Å². The van der Waals surface area contributed by atoms with Crippen molar-refractivity contribution in [2.45, 2.75) is 18.6 Å². The van der Waals surface area contributed by atoms with E-state index in [-0.39, 0.29) is 5.25 Å². The van der Waals surface area contributed by atoms with Crippen molar-refractivity contribution in [2.75, 3.05) is 17.3 Å². The predicted molar refractivity (Wildman–Crippen MR) is 58.0 cm³/mol. The number of carbonyl (C=O) groups excluding carboxylic acids is 1. The molecule has 0 radical (unpaired) electrons. The Morgan fingerprint density at radius 1 is 1.58 bits per heavy atom. The van der Waals surface area contributed by atoms with Gasteiger partial charge in [0.05, 0.1) is 5.25 Å². The van der Waals surface area contributed by atoms with E-state index in [1.54, 1.807) is 11.8 Å². The van der Waals surface area contributed by atoms with Gasteiger partial charge in [-0.05, 0) is 6.92 Å². The summed E-state index contributed by atoms with van der Waals surface area (Å²) in [4.78, 5) is 11.5. The number of ketones is 1. The average molecular weight is 202 g/mol. The summed E-state index contributed by atoms with van der Waals surface area (Å²) in [6, 6.07) is 0. The van der Waals surface area contributed by atoms with Crippen LogP contribution in [0.2, 0.25) is 0 Å². The number of thioether (sulfide) groups is 2. The SMILES string of the molecule is C=C(C)CC(=O)C1CSCCS1. The molecule has 0 amide bonds. The van der Waals surface area contributed by atoms with Gasteiger partial charge in [0.1, 0.15) is 0 Å². The molecule has 1 nitrogen and oxygen atoms in total. The lowest BCUT2D eigenvalue weighted by atomic mass is 10.1. The molecule has 0 aliphatic carbocycles. The van der Waals surface area contributed by atoms with Gasteiger partial charge in [0.15, 0.2) is 5.78 Å². The lowest BCUT2D eigenvalue weighted by Crippen LogP contribution is -2.24. The van der Waals surface area contributed by atoms with Crippen molar-refractivity contribution < 1.29 is 4.79 Å². The van der Waals surface area contributed by atoms with E-state index in [4.69, 9.17) is 0 Å². The van der Waals surface area contributed by atoms with Crippen LogP contribution in [0.15, 0.2) is 12.2 Å². The summed E-state index contributed by atoms with van der Waals surface area (Å²) in [5, 5.41) is 0.237. The van der Waals surface area contributed by atoms with Crippen molar-refractivity contribution in [1.82, 2.24) is 0 Å². The molecule has 1 aliphatic heterocycles. The molecule has 3 heteroatoms. The number of hydrogen-bond acceptors (Lipinski definition) is 3. The van der Waals surface area contributed by atoms with Gasteiger partial charge in [-0.15, -0.1) is 11.8 Å². The van der Waals surface area contributed by atoms with Crippen LogP contribution in [-0.4, -0.2) is 28.3 Å². The maximum absolute atomic E-state index is 11.5. The monoisotopic (exact) mass is 202 g/mol. The lowest BCUT2D eigenvalue weighted by molar-refractivity contribution is -0.117. The minimum Gasteiger partial charge on any atom is -0.298 e. The van der Waals surface area contributed by atoms with Crippen molar-refractivity contribution in [3.63, 3.8) is 0 Å². The first kappa shape index (κ1) is 10.2. The van der Waals surface area contributed by atoms with E-state index >= 15 is 0 Å². The zero-order valence-corrected chi connectivity index (χ0v) is 8.97. The standard InChI is InChI=1S/C9H14OS2/c1-7(2)5-8(10)9-6-11-3-4-12-9/h9H,1,3-6H2,2H3. The highest BCUT2D eigenvalue weighted by atomic mass is 32.2. The largest absolute Gasteiger partial charge is 0.298 e. The maximum Gasteiger partial charge on any atom is 0.150 e. The third-order valence-electron chi connectivity index (χ3n) is 1.65. The van der Waals surface area contributed by atoms with E-state index in [2.05, 4.69) is 6.58 Å². The van der Waals surface area contributed by atoms with Gasteiger partial charge in [-0.2, -0.15) is 11.8 Å². The molecule has 1 atom stereocenters. The first-order valence-corrected chi connectivity index (χ1v) is 6.27. The van der Waals surface area contributed by atoms with Gasteiger partial charge in [0.2, 0.25) is 0 Å². The molecule has 1 heterocycles. The zero-order chi connectivity index (χ0) is 8.97. The van der Waals surface area contributed by atoms with Gasteiger partial charge < -0.3 is 0 Å². The molecule has 1 unspecified atom stereocenters. The quantitative estimate of drug-likeness (QED) is 0.654. The molecule has 0 aromatic heterocycles. The molecule has 1 aliphatic rings. The second-order valence-electron chi connectivity index (χ2n) is 3.03. The zero-order valence-electron chi connectivity index (χ0n) is 7.34. The Morgan fingerprint density at radius 3 is 2.83 bits per heavy atom. The molecule has 0 aromatic carbocycles. The van der Waals surface area contributed by atoms with Gasteiger partial charge in [-0.25, -0.2) is 0 Å². The van der Waals surface area contributed by atoms with Crippen molar-refractivity contribution >= 4 is 29.3 Å². The molecule has 1 rings (SSSR count). The molecular weight excluding hydrogens is 188 g/mol. The molecule has 1 saturated heterocycles. The molecule has 1 fully saturated rings. The van der Waals surface area contributed by atoms with E-state index in [0.717, 1.165) is 17.1 Å². The topological polar surface area (TPSA) is 17.1 Å². The molecule has 0 bridgehead atoms. The van der Waals surface area contributed by atoms with Crippen LogP contribution in [-0.2, 0) is 4.79 Å². The van der Waals surface area contributed by atoms with E-state index in [1.807, 2.05) is 18.7 Å². The third-order valence-corrected chi connectivity index (χ3v) is 4.45. The van der Waals surface area contributed by atoms with Crippen molar-refractivity contribution in [3.05, 3.63) is 12.2 Å². The van der Waals surface area contributed by atoms with Crippen LogP contribution in [0.5, 0.6) is 0 Å². The van der Waals surface area contributed by atoms with Gasteiger partial charge in [0.25, 0.3) is 0 Å². The molecule has 0 N–H and O–H groups in total. The van der Waals surface area contributed by atoms with E-state index in [0.29, 0.717) is 12.2 Å². The van der Waals surface area contributed by atoms with Crippen LogP contribution in [0.3, 0.4) is 0 Å². The fourth-order valence-corrected chi connectivity index (χ4v) is 3.74. The molecular formula is C9H14OS2. The summed E-state index contributed by atoms with van der Waals surface area (Å²) in [5.41, 5.74) is 0.983. The van der Waals surface area contributed by atoms with Crippen molar-refractivity contribution in [1.29, 1.82) is 0 Å². The molecule has 68 valence electrons. The van der Waals surface area contributed by atoms with E-state index in [9.17, 15) is 4.79 Å². The maximum atomic E-state index is 11.5. The minimum atomic E-state index is 0.237. The Kier molecular flexibility index (Phi) is 4.22. The van der Waals surface area contributed by atoms with Crippen LogP contribution < -0.4 is 0 Å². The van der Waals surface area contributed by atoms with Crippen molar-refractivity contribution in [3.8, 4) is 0 Å². The number of hydrogen-bond donors (Lipinski definition) is 0. The number of allylic oxidation sites excluding steroid dienone is 1. The summed E-state index contributed by atoms with van der Waals surface area (Å²) < 4.78 is 0. The van der Waals surface area contributed by atoms with E-state index < -0.39 is 0 Å². The Morgan fingerprint density at radius 2 is 2.33 bits per heavy atom. The van der Waals surface area contributed by atoms with Crippen LogP contribution in [0.25, 0.3) is 0 Å². The highest BCUT2D eigenvalue weighted by Gasteiger charge is 2.21. The third kappa shape index (κ3) is 3.23. The van der Waals surface area contributed by atoms with Crippen LogP contribution >= 0.6 is 23.5 Å². The Labute approximate surface area is 82.4 Å². The molecule has 0 spiro atoms. The van der Waals surface area contributed by atoms with Gasteiger partial charge in [0, 0.05) is 23.7 Å². The molecule has 12 heavy (non-hydrogen) atoms. The van der Waals surface area contributed by atoms with Gasteiger partial charge >= 0.3 is 0 Å². The van der Waals surface area contributed by atoms with Gasteiger partial charge in [-0.1, -0.05) is 12.2 Å². The first-order chi connectivity index (χ1) is 5.70. The summed E-state index contributed by atoms with van der Waals surface area (Å²) in [6.45, 7) is 5.67. The second-order valence-corrected chi connectivity index (χ2v) is 5.49. The number of carbonyl (C=O) groups is 1. The van der Waals surface area contributed by atoms with Crippen LogP contribution in [0.1, 0.15) is 13.3 Å². The fraction of sp³-hybridized carbons (Fsp3) is 0.667. The normalized spacial score (nSPS) is 23.6. The lowest BCUT2D eigenvalue weighted by Gasteiger charge is -2.19. The fourth-order valence-electron chi connectivity index (χ4n) is 1.08. The Balaban J connectivity index is 2.34. The predicted octanol–water partition coefficient (Wildman–Crippen LogP) is 2.37. The highest BCUT2D eigenvalue weighted by molar-refractivity contribution is 8.07. The van der Waals surface area contributed by atoms with Crippen LogP contribution in [0.4, 0.5) is 0 Å². The number of rotatable bonds is 3. The van der Waals surface area contributed by atoms with Crippen molar-refractivity contribution in [2.24, 2.45) is 0 Å². The average Bonchev–Trinajstić information content (AvgIpc) is 2.05. The summed E-state index contributed by atoms with van der Waals surface area (Å²) >= 11 is 3.69. The molecule has 0 aromatic rings. The second kappa shape index (κ2) is 4.97. The summed E-state index contributed by atoms with van der Waals surface area (Å²) in [5.74, 6) is 3.68. The Bertz CT molecular complexity index is 183. The number of Topliss-reactive ketones (excluding diaryl/α,β-unsaturated/α-hetero) is 1. The highest BCUT2D eigenvalue weighted by Crippen LogP contribution is 2.25. The summed E-state index contributed by atoms with van der Waals surface area (Å²) in [7, 11) is 0. The summed E-state index contributed by atoms with van der Waals surface area (Å²) in [6.07, 6.45) is 0.568. The van der Waals surface area contributed by atoms with Crippen LogP contribution in [0, 0.1) is 0 Å². The Hall–Kier alpha value is 0.110.